The smallest absolute Gasteiger partial charge is 0.250 e. The van der Waals surface area contributed by atoms with E-state index in [0.29, 0.717) is 25.3 Å². The van der Waals surface area contributed by atoms with Crippen molar-refractivity contribution >= 4 is 21.6 Å². The average molecular weight is 494 g/mol. The lowest BCUT2D eigenvalue weighted by Crippen LogP contribution is -2.48. The third-order valence-electron chi connectivity index (χ3n) is 6.75. The van der Waals surface area contributed by atoms with Gasteiger partial charge in [0, 0.05) is 43.0 Å². The van der Waals surface area contributed by atoms with E-state index in [1.54, 1.807) is 48.1 Å². The highest BCUT2D eigenvalue weighted by Crippen LogP contribution is 2.37. The van der Waals surface area contributed by atoms with Crippen molar-refractivity contribution in [3.8, 4) is 5.75 Å². The lowest BCUT2D eigenvalue weighted by molar-refractivity contribution is -0.115. The van der Waals surface area contributed by atoms with Gasteiger partial charge in [0.05, 0.1) is 18.4 Å². The van der Waals surface area contributed by atoms with Crippen LogP contribution in [-0.2, 0) is 27.8 Å². The molecule has 182 valence electrons. The van der Waals surface area contributed by atoms with Gasteiger partial charge in [-0.25, -0.2) is 8.42 Å². The van der Waals surface area contributed by atoms with Gasteiger partial charge >= 0.3 is 0 Å². The van der Waals surface area contributed by atoms with Crippen molar-refractivity contribution in [3.63, 3.8) is 0 Å². The van der Waals surface area contributed by atoms with Crippen molar-refractivity contribution in [2.45, 2.75) is 30.2 Å². The Labute approximate surface area is 204 Å². The first-order chi connectivity index (χ1) is 16.8. The Bertz CT molecular complexity index is 1400. The Kier molecular flexibility index (Phi) is 6.21. The van der Waals surface area contributed by atoms with Gasteiger partial charge in [-0.3, -0.25) is 9.59 Å². The van der Waals surface area contributed by atoms with E-state index in [-0.39, 0.29) is 34.6 Å². The summed E-state index contributed by atoms with van der Waals surface area (Å²) in [5, 5.41) is 2.81. The maximum atomic E-state index is 13.4. The first kappa shape index (κ1) is 23.3. The molecule has 35 heavy (non-hydrogen) atoms. The summed E-state index contributed by atoms with van der Waals surface area (Å²) in [5.74, 6) is 0.639. The number of hydrogen-bond donors (Lipinski definition) is 1. The van der Waals surface area contributed by atoms with Gasteiger partial charge in [-0.05, 0) is 60.4 Å². The number of sulfonamides is 1. The summed E-state index contributed by atoms with van der Waals surface area (Å²) in [7, 11) is -2.11. The topological polar surface area (TPSA) is 97.7 Å². The van der Waals surface area contributed by atoms with Crippen LogP contribution in [0.3, 0.4) is 0 Å². The SMILES string of the molecule is COc1ccc(CC(=O)Nc2ccc(S(=O)(=O)N3CC4CC(C3)c3cccc(=O)n3C4)cc2)cc1. The second-order valence-corrected chi connectivity index (χ2v) is 11.1. The number of hydrogen-bond acceptors (Lipinski definition) is 5. The zero-order chi connectivity index (χ0) is 24.6. The molecular formula is C26H27N3O5S. The zero-order valence-electron chi connectivity index (χ0n) is 19.4. The van der Waals surface area contributed by atoms with Crippen molar-refractivity contribution in [2.75, 3.05) is 25.5 Å². The van der Waals surface area contributed by atoms with E-state index in [4.69, 9.17) is 4.74 Å². The molecule has 8 nitrogen and oxygen atoms in total. The van der Waals surface area contributed by atoms with Gasteiger partial charge in [0.25, 0.3) is 5.56 Å². The summed E-state index contributed by atoms with van der Waals surface area (Å²) in [6.07, 6.45) is 1.08. The molecule has 2 aliphatic rings. The summed E-state index contributed by atoms with van der Waals surface area (Å²) in [6, 6.07) is 18.7. The number of carbonyl (C=O) groups is 1. The fourth-order valence-electron chi connectivity index (χ4n) is 5.04. The number of pyridine rings is 1. The Morgan fingerprint density at radius 2 is 1.74 bits per heavy atom. The van der Waals surface area contributed by atoms with E-state index >= 15 is 0 Å². The first-order valence-electron chi connectivity index (χ1n) is 11.6. The molecule has 2 atom stereocenters. The summed E-state index contributed by atoms with van der Waals surface area (Å²) in [4.78, 5) is 24.8. The van der Waals surface area contributed by atoms with E-state index in [2.05, 4.69) is 5.32 Å². The molecule has 1 N–H and O–H groups in total. The standard InChI is InChI=1S/C26H27N3O5S/c1-34-22-9-5-18(6-10-22)14-25(30)27-21-7-11-23(12-8-21)35(32,33)28-15-19-13-20(17-28)24-3-2-4-26(31)29(24)16-19/h2-12,19-20H,13-17H2,1H3,(H,27,30). The molecule has 0 spiro atoms. The lowest BCUT2D eigenvalue weighted by atomic mass is 9.84. The third-order valence-corrected chi connectivity index (χ3v) is 8.59. The van der Waals surface area contributed by atoms with Crippen LogP contribution in [0.2, 0.25) is 0 Å². The Morgan fingerprint density at radius 1 is 1.00 bits per heavy atom. The molecule has 3 heterocycles. The number of ether oxygens (including phenoxy) is 1. The third kappa shape index (κ3) is 4.74. The van der Waals surface area contributed by atoms with Gasteiger partial charge in [0.1, 0.15) is 5.75 Å². The number of methoxy groups -OCH3 is 1. The van der Waals surface area contributed by atoms with E-state index < -0.39 is 10.0 Å². The molecule has 1 saturated heterocycles. The molecular weight excluding hydrogens is 466 g/mol. The lowest BCUT2D eigenvalue weighted by Gasteiger charge is -2.42. The van der Waals surface area contributed by atoms with Crippen LogP contribution < -0.4 is 15.6 Å². The molecule has 2 aliphatic heterocycles. The van der Waals surface area contributed by atoms with Gasteiger partial charge in [-0.2, -0.15) is 4.31 Å². The summed E-state index contributed by atoms with van der Waals surface area (Å²) < 4.78 is 35.2. The summed E-state index contributed by atoms with van der Waals surface area (Å²) in [5.41, 5.74) is 2.26. The molecule has 2 aromatic carbocycles. The summed E-state index contributed by atoms with van der Waals surface area (Å²) >= 11 is 0. The van der Waals surface area contributed by atoms with Crippen LogP contribution in [0.1, 0.15) is 23.6 Å². The minimum atomic E-state index is -3.70. The fraction of sp³-hybridized carbons (Fsp3) is 0.308. The molecule has 0 saturated carbocycles. The van der Waals surface area contributed by atoms with Crippen molar-refractivity contribution in [2.24, 2.45) is 5.92 Å². The molecule has 1 fully saturated rings. The monoisotopic (exact) mass is 493 g/mol. The molecule has 0 aliphatic carbocycles. The minimum Gasteiger partial charge on any atom is -0.497 e. The Balaban J connectivity index is 1.26. The molecule has 0 radical (unpaired) electrons. The molecule has 9 heteroatoms. The minimum absolute atomic E-state index is 0.00249. The number of carbonyl (C=O) groups excluding carboxylic acids is 1. The predicted molar refractivity (Wildman–Crippen MR) is 132 cm³/mol. The molecule has 1 amide bonds. The molecule has 2 unspecified atom stereocenters. The predicted octanol–water partition coefficient (Wildman–Crippen LogP) is 2.85. The number of amides is 1. The van der Waals surface area contributed by atoms with Crippen LogP contribution in [0, 0.1) is 5.92 Å². The van der Waals surface area contributed by atoms with E-state index in [9.17, 15) is 18.0 Å². The number of aromatic nitrogens is 1. The van der Waals surface area contributed by atoms with E-state index in [0.717, 1.165) is 23.4 Å². The highest BCUT2D eigenvalue weighted by molar-refractivity contribution is 7.89. The van der Waals surface area contributed by atoms with Crippen LogP contribution in [0.5, 0.6) is 5.75 Å². The molecule has 3 aromatic rings. The summed E-state index contributed by atoms with van der Waals surface area (Å²) in [6.45, 7) is 1.28. The largest absolute Gasteiger partial charge is 0.497 e. The number of piperidine rings is 1. The zero-order valence-corrected chi connectivity index (χ0v) is 20.2. The highest BCUT2D eigenvalue weighted by atomic mass is 32.2. The number of benzene rings is 2. The quantitative estimate of drug-likeness (QED) is 0.570. The first-order valence-corrected chi connectivity index (χ1v) is 13.0. The molecule has 1 aromatic heterocycles. The molecule has 2 bridgehead atoms. The van der Waals surface area contributed by atoms with Crippen molar-refractivity contribution in [1.82, 2.24) is 8.87 Å². The van der Waals surface area contributed by atoms with Crippen LogP contribution in [-0.4, -0.2) is 43.4 Å². The number of rotatable bonds is 6. The fourth-order valence-corrected chi connectivity index (χ4v) is 6.60. The number of nitrogens with one attached hydrogen (secondary N) is 1. The maximum Gasteiger partial charge on any atom is 0.250 e. The molecule has 5 rings (SSSR count). The van der Waals surface area contributed by atoms with Gasteiger partial charge in [-0.1, -0.05) is 18.2 Å². The second kappa shape index (κ2) is 9.31. The van der Waals surface area contributed by atoms with Crippen molar-refractivity contribution in [3.05, 3.63) is 88.3 Å². The number of nitrogens with zero attached hydrogens (tertiary/aromatic N) is 2. The van der Waals surface area contributed by atoms with Gasteiger partial charge in [0.2, 0.25) is 15.9 Å². The van der Waals surface area contributed by atoms with Crippen LogP contribution >= 0.6 is 0 Å². The maximum absolute atomic E-state index is 13.4. The average Bonchev–Trinajstić information content (AvgIpc) is 2.85. The second-order valence-electron chi connectivity index (χ2n) is 9.12. The van der Waals surface area contributed by atoms with Crippen molar-refractivity contribution < 1.29 is 17.9 Å². The number of fused-ring (bicyclic) bond motifs is 4. The van der Waals surface area contributed by atoms with Gasteiger partial charge < -0.3 is 14.6 Å². The highest BCUT2D eigenvalue weighted by Gasteiger charge is 2.39. The van der Waals surface area contributed by atoms with Gasteiger partial charge in [0.15, 0.2) is 0 Å². The number of anilines is 1. The normalized spacial score (nSPS) is 19.6. The van der Waals surface area contributed by atoms with Crippen LogP contribution in [0.15, 0.2) is 76.4 Å². The van der Waals surface area contributed by atoms with E-state index in [1.165, 1.54) is 16.4 Å². The van der Waals surface area contributed by atoms with Crippen LogP contribution in [0.4, 0.5) is 5.69 Å². The van der Waals surface area contributed by atoms with Crippen LogP contribution in [0.25, 0.3) is 0 Å². The van der Waals surface area contributed by atoms with Crippen molar-refractivity contribution in [1.29, 1.82) is 0 Å². The van der Waals surface area contributed by atoms with Gasteiger partial charge in [-0.15, -0.1) is 0 Å². The Morgan fingerprint density at radius 3 is 2.46 bits per heavy atom. The van der Waals surface area contributed by atoms with E-state index in [1.807, 2.05) is 18.2 Å². The Hall–Kier alpha value is -3.43.